The third-order valence-electron chi connectivity index (χ3n) is 5.06. The summed E-state index contributed by atoms with van der Waals surface area (Å²) in [5.74, 6) is 0.00957. The van der Waals surface area contributed by atoms with Gasteiger partial charge in [0.25, 0.3) is 0 Å². The lowest BCUT2D eigenvalue weighted by atomic mass is 9.93. The van der Waals surface area contributed by atoms with Gasteiger partial charge in [-0.3, -0.25) is 9.59 Å². The molecular formula is C19H23N3O2S2. The van der Waals surface area contributed by atoms with Crippen LogP contribution in [0.15, 0.2) is 28.1 Å². The molecule has 1 fully saturated rings. The number of nitrogens with zero attached hydrogens (tertiary/aromatic N) is 2. The summed E-state index contributed by atoms with van der Waals surface area (Å²) in [5.41, 5.74) is 0.560. The van der Waals surface area contributed by atoms with Gasteiger partial charge in [0.05, 0.1) is 22.4 Å². The number of hydrogen-bond donors (Lipinski definition) is 1. The van der Waals surface area contributed by atoms with Crippen LogP contribution in [0, 0.1) is 11.3 Å². The summed E-state index contributed by atoms with van der Waals surface area (Å²) in [4.78, 5) is 27.8. The fraction of sp³-hybridized carbons (Fsp3) is 0.526. The maximum absolute atomic E-state index is 12.7. The quantitative estimate of drug-likeness (QED) is 0.854. The zero-order valence-electron chi connectivity index (χ0n) is 15.0. The maximum atomic E-state index is 12.7. The minimum absolute atomic E-state index is 0.0759. The average Bonchev–Trinajstić information content (AvgIpc) is 3.13. The van der Waals surface area contributed by atoms with Crippen LogP contribution in [0.2, 0.25) is 0 Å². The summed E-state index contributed by atoms with van der Waals surface area (Å²) >= 11 is 2.83. The van der Waals surface area contributed by atoms with Gasteiger partial charge in [0.1, 0.15) is 0 Å². The number of thioether (sulfide) groups is 1. The third kappa shape index (κ3) is 3.97. The van der Waals surface area contributed by atoms with Crippen molar-refractivity contribution in [2.45, 2.75) is 57.5 Å². The van der Waals surface area contributed by atoms with E-state index in [-0.39, 0.29) is 42.0 Å². The molecule has 0 spiro atoms. The second-order valence-corrected chi connectivity index (χ2v) is 8.86. The first-order chi connectivity index (χ1) is 12.5. The van der Waals surface area contributed by atoms with Gasteiger partial charge < -0.3 is 10.2 Å². The van der Waals surface area contributed by atoms with Gasteiger partial charge in [-0.25, -0.2) is 0 Å². The molecule has 7 heteroatoms. The van der Waals surface area contributed by atoms with E-state index in [1.165, 1.54) is 11.8 Å². The second-order valence-electron chi connectivity index (χ2n) is 6.89. The highest BCUT2D eigenvalue weighted by molar-refractivity contribution is 8.03. The van der Waals surface area contributed by atoms with Crippen LogP contribution < -0.4 is 5.32 Å². The normalized spacial score (nSPS) is 26.4. The number of piperidine rings is 1. The van der Waals surface area contributed by atoms with Gasteiger partial charge in [0.2, 0.25) is 11.8 Å². The molecule has 1 N–H and O–H groups in total. The number of allylic oxidation sites excluding steroid dienone is 1. The molecule has 26 heavy (non-hydrogen) atoms. The van der Waals surface area contributed by atoms with Crippen LogP contribution in [-0.2, 0) is 9.59 Å². The predicted molar refractivity (Wildman–Crippen MR) is 105 cm³/mol. The Morgan fingerprint density at radius 3 is 2.77 bits per heavy atom. The smallest absolute Gasteiger partial charge is 0.233 e. The van der Waals surface area contributed by atoms with Gasteiger partial charge >= 0.3 is 0 Å². The molecule has 2 amide bonds. The van der Waals surface area contributed by atoms with Crippen LogP contribution in [0.4, 0.5) is 0 Å². The van der Waals surface area contributed by atoms with Crippen molar-refractivity contribution in [3.05, 3.63) is 33.0 Å². The monoisotopic (exact) mass is 389 g/mol. The number of nitrogens with one attached hydrogen (secondary N) is 1. The van der Waals surface area contributed by atoms with Crippen LogP contribution in [-0.4, -0.2) is 34.6 Å². The molecule has 138 valence electrons. The minimum atomic E-state index is -0.209. The highest BCUT2D eigenvalue weighted by Gasteiger charge is 2.32. The van der Waals surface area contributed by atoms with Gasteiger partial charge in [0.15, 0.2) is 0 Å². The van der Waals surface area contributed by atoms with Gasteiger partial charge in [-0.1, -0.05) is 17.8 Å². The zero-order chi connectivity index (χ0) is 18.7. The van der Waals surface area contributed by atoms with Crippen molar-refractivity contribution in [2.24, 2.45) is 0 Å². The molecule has 0 aliphatic carbocycles. The van der Waals surface area contributed by atoms with E-state index in [9.17, 15) is 14.9 Å². The van der Waals surface area contributed by atoms with Crippen molar-refractivity contribution in [1.82, 2.24) is 10.2 Å². The molecule has 0 saturated carbocycles. The number of nitriles is 1. The Hall–Kier alpha value is -1.78. The molecule has 0 radical (unpaired) electrons. The topological polar surface area (TPSA) is 73.2 Å². The van der Waals surface area contributed by atoms with Crippen LogP contribution in [0.3, 0.4) is 0 Å². The summed E-state index contributed by atoms with van der Waals surface area (Å²) in [6.07, 6.45) is 3.50. The van der Waals surface area contributed by atoms with Gasteiger partial charge in [-0.15, -0.1) is 11.3 Å². The van der Waals surface area contributed by atoms with Gasteiger partial charge in [0, 0.05) is 29.3 Å². The number of likely N-dealkylation sites (tertiary alicyclic amines) is 1. The molecule has 2 aliphatic rings. The largest absolute Gasteiger partial charge is 0.337 e. The summed E-state index contributed by atoms with van der Waals surface area (Å²) in [6, 6.07) is 6.63. The van der Waals surface area contributed by atoms with Crippen molar-refractivity contribution in [3.63, 3.8) is 0 Å². The molecule has 0 bridgehead atoms. The van der Waals surface area contributed by atoms with Gasteiger partial charge in [-0.2, -0.15) is 5.26 Å². The number of hydrogen-bond acceptors (Lipinski definition) is 5. The molecule has 3 atom stereocenters. The van der Waals surface area contributed by atoms with E-state index in [1.807, 2.05) is 22.4 Å². The lowest BCUT2D eigenvalue weighted by molar-refractivity contribution is -0.134. The van der Waals surface area contributed by atoms with Crippen LogP contribution in [0.25, 0.3) is 0 Å². The first kappa shape index (κ1) is 19.0. The van der Waals surface area contributed by atoms with Crippen molar-refractivity contribution in [2.75, 3.05) is 5.75 Å². The number of carbonyl (C=O) groups is 2. The average molecular weight is 390 g/mol. The molecule has 1 aromatic rings. The SMILES string of the molecule is C[C@@H]1CCC[C@H](C)N1C(=O)CSC1=C(C#N)[C@@H](c2cccs2)CC(=O)N1. The Kier molecular flexibility index (Phi) is 6.05. The highest BCUT2D eigenvalue weighted by atomic mass is 32.2. The van der Waals surface area contributed by atoms with Crippen molar-refractivity contribution in [3.8, 4) is 6.07 Å². The first-order valence-corrected chi connectivity index (χ1v) is 10.8. The lowest BCUT2D eigenvalue weighted by Crippen LogP contribution is -2.48. The summed E-state index contributed by atoms with van der Waals surface area (Å²) < 4.78 is 0. The van der Waals surface area contributed by atoms with Gasteiger partial charge in [-0.05, 0) is 44.6 Å². The Morgan fingerprint density at radius 2 is 2.15 bits per heavy atom. The maximum Gasteiger partial charge on any atom is 0.233 e. The van der Waals surface area contributed by atoms with E-state index in [0.717, 1.165) is 24.1 Å². The summed E-state index contributed by atoms with van der Waals surface area (Å²) in [5, 5.41) is 14.9. The number of carbonyl (C=O) groups excluding carboxylic acids is 2. The number of thiophene rings is 1. The highest BCUT2D eigenvalue weighted by Crippen LogP contribution is 2.38. The summed E-state index contributed by atoms with van der Waals surface area (Å²) in [6.45, 7) is 4.18. The van der Waals surface area contributed by atoms with Crippen LogP contribution in [0.5, 0.6) is 0 Å². The van der Waals surface area contributed by atoms with E-state index < -0.39 is 0 Å². The predicted octanol–water partition coefficient (Wildman–Crippen LogP) is 3.61. The molecule has 1 saturated heterocycles. The molecule has 3 heterocycles. The Balaban J connectivity index is 1.75. The van der Waals surface area contributed by atoms with Crippen LogP contribution >= 0.6 is 23.1 Å². The summed E-state index contributed by atoms with van der Waals surface area (Å²) in [7, 11) is 0. The third-order valence-corrected chi connectivity index (χ3v) is 7.05. The first-order valence-electron chi connectivity index (χ1n) is 8.92. The molecule has 3 rings (SSSR count). The fourth-order valence-corrected chi connectivity index (χ4v) is 5.57. The molecule has 0 aromatic carbocycles. The number of amides is 2. The molecule has 5 nitrogen and oxygen atoms in total. The second kappa shape index (κ2) is 8.28. The lowest BCUT2D eigenvalue weighted by Gasteiger charge is -2.39. The fourth-order valence-electron chi connectivity index (χ4n) is 3.79. The zero-order valence-corrected chi connectivity index (χ0v) is 16.7. The molecule has 2 aliphatic heterocycles. The number of rotatable bonds is 4. The molecule has 1 aromatic heterocycles. The van der Waals surface area contributed by atoms with E-state index in [4.69, 9.17) is 0 Å². The Bertz CT molecular complexity index is 741. The standard InChI is InChI=1S/C19H23N3O2S2/c1-12-5-3-6-13(2)22(12)18(24)11-26-19-15(10-20)14(9-17(23)21-19)16-7-4-8-25-16/h4,7-8,12-14H,3,5-6,9,11H2,1-2H3,(H,21,23)/t12-,13+,14-/m0/s1. The Labute approximate surface area is 162 Å². The van der Waals surface area contributed by atoms with E-state index in [0.29, 0.717) is 10.6 Å². The van der Waals surface area contributed by atoms with Crippen LogP contribution in [0.1, 0.15) is 50.3 Å². The van der Waals surface area contributed by atoms with E-state index >= 15 is 0 Å². The molecule has 0 unspecified atom stereocenters. The van der Waals surface area contributed by atoms with Crippen molar-refractivity contribution < 1.29 is 9.59 Å². The minimum Gasteiger partial charge on any atom is -0.337 e. The van der Waals surface area contributed by atoms with Crippen molar-refractivity contribution >= 4 is 34.9 Å². The van der Waals surface area contributed by atoms with E-state index in [2.05, 4.69) is 25.2 Å². The van der Waals surface area contributed by atoms with E-state index in [1.54, 1.807) is 11.3 Å². The Morgan fingerprint density at radius 1 is 1.42 bits per heavy atom. The molecular weight excluding hydrogens is 366 g/mol. The van der Waals surface area contributed by atoms with Crippen molar-refractivity contribution in [1.29, 1.82) is 5.26 Å².